The number of thiophene rings is 1. The van der Waals surface area contributed by atoms with E-state index in [1.807, 2.05) is 0 Å². The van der Waals surface area contributed by atoms with Crippen LogP contribution in [0.1, 0.15) is 16.6 Å². The summed E-state index contributed by atoms with van der Waals surface area (Å²) in [6, 6.07) is 1.59. The predicted molar refractivity (Wildman–Crippen MR) is 68.2 cm³/mol. The van der Waals surface area contributed by atoms with Gasteiger partial charge in [0.2, 0.25) is 0 Å². The Bertz CT molecular complexity index is 622. The minimum absolute atomic E-state index is 0.179. The van der Waals surface area contributed by atoms with Crippen LogP contribution in [0.15, 0.2) is 23.8 Å². The summed E-state index contributed by atoms with van der Waals surface area (Å²) >= 11 is 1.05. The van der Waals surface area contributed by atoms with Crippen molar-refractivity contribution in [1.82, 2.24) is 20.3 Å². The molecular formula is C11H11F3N4O2S. The van der Waals surface area contributed by atoms with E-state index in [0.717, 1.165) is 11.3 Å². The molecule has 0 aromatic carbocycles. The number of hydrogen-bond acceptors (Lipinski definition) is 5. The molecule has 0 aliphatic rings. The predicted octanol–water partition coefficient (Wildman–Crippen LogP) is 1.37. The van der Waals surface area contributed by atoms with Gasteiger partial charge in [0, 0.05) is 0 Å². The van der Waals surface area contributed by atoms with Gasteiger partial charge < -0.3 is 10.4 Å². The highest BCUT2D eigenvalue weighted by atomic mass is 32.1. The molecule has 2 rings (SSSR count). The van der Waals surface area contributed by atoms with Gasteiger partial charge in [0.25, 0.3) is 5.91 Å². The lowest BCUT2D eigenvalue weighted by Gasteiger charge is -2.26. The molecule has 0 aliphatic heterocycles. The normalized spacial score (nSPS) is 14.7. The van der Waals surface area contributed by atoms with Gasteiger partial charge >= 0.3 is 6.18 Å². The van der Waals surface area contributed by atoms with Crippen molar-refractivity contribution in [2.75, 3.05) is 6.54 Å². The van der Waals surface area contributed by atoms with Gasteiger partial charge in [-0.15, -0.1) is 16.4 Å². The number of rotatable bonds is 4. The van der Waals surface area contributed by atoms with Crippen LogP contribution in [-0.2, 0) is 0 Å². The van der Waals surface area contributed by atoms with Crippen molar-refractivity contribution in [3.8, 4) is 5.69 Å². The van der Waals surface area contributed by atoms with Crippen molar-refractivity contribution >= 4 is 17.2 Å². The second-order valence-corrected chi connectivity index (χ2v) is 5.35. The van der Waals surface area contributed by atoms with E-state index in [4.69, 9.17) is 0 Å². The molecule has 1 amide bonds. The van der Waals surface area contributed by atoms with Crippen LogP contribution in [-0.4, -0.2) is 44.3 Å². The smallest absolute Gasteiger partial charge is 0.379 e. The summed E-state index contributed by atoms with van der Waals surface area (Å²) in [5, 5.41) is 20.3. The van der Waals surface area contributed by atoms with Gasteiger partial charge in [0.05, 0.1) is 24.6 Å². The van der Waals surface area contributed by atoms with Gasteiger partial charge in [0.1, 0.15) is 4.88 Å². The second kappa shape index (κ2) is 5.45. The SMILES string of the molecule is CC(O)(CNC(=O)c1sccc1-n1ccnn1)C(F)(F)F. The van der Waals surface area contributed by atoms with Gasteiger partial charge in [0.15, 0.2) is 5.60 Å². The highest BCUT2D eigenvalue weighted by Crippen LogP contribution is 2.29. The molecule has 2 N–H and O–H groups in total. The third kappa shape index (κ3) is 3.22. The van der Waals surface area contributed by atoms with E-state index in [9.17, 15) is 23.1 Å². The molecule has 0 saturated heterocycles. The Kier molecular flexibility index (Phi) is 4.01. The van der Waals surface area contributed by atoms with Crippen LogP contribution >= 0.6 is 11.3 Å². The Labute approximate surface area is 121 Å². The number of aromatic nitrogens is 3. The Morgan fingerprint density at radius 1 is 1.52 bits per heavy atom. The number of alkyl halides is 3. The van der Waals surface area contributed by atoms with Crippen LogP contribution in [0, 0.1) is 0 Å². The maximum absolute atomic E-state index is 12.5. The topological polar surface area (TPSA) is 80.0 Å². The van der Waals surface area contributed by atoms with Crippen molar-refractivity contribution in [2.45, 2.75) is 18.7 Å². The quantitative estimate of drug-likeness (QED) is 0.892. The van der Waals surface area contributed by atoms with Gasteiger partial charge in [-0.2, -0.15) is 13.2 Å². The fourth-order valence-corrected chi connectivity index (χ4v) is 2.22. The zero-order valence-electron chi connectivity index (χ0n) is 10.8. The summed E-state index contributed by atoms with van der Waals surface area (Å²) in [5.41, 5.74) is -2.59. The maximum atomic E-state index is 12.5. The van der Waals surface area contributed by atoms with Crippen LogP contribution in [0.3, 0.4) is 0 Å². The van der Waals surface area contributed by atoms with Crippen LogP contribution in [0.4, 0.5) is 13.2 Å². The molecule has 0 aliphatic carbocycles. The minimum atomic E-state index is -4.83. The first-order chi connectivity index (χ1) is 9.72. The van der Waals surface area contributed by atoms with Crippen LogP contribution in [0.2, 0.25) is 0 Å². The van der Waals surface area contributed by atoms with Crippen LogP contribution in [0.25, 0.3) is 5.69 Å². The highest BCUT2D eigenvalue weighted by molar-refractivity contribution is 7.12. The van der Waals surface area contributed by atoms with Crippen molar-refractivity contribution in [2.24, 2.45) is 0 Å². The van der Waals surface area contributed by atoms with Crippen LogP contribution in [0.5, 0.6) is 0 Å². The number of amides is 1. The monoisotopic (exact) mass is 320 g/mol. The summed E-state index contributed by atoms with van der Waals surface area (Å²) in [6.45, 7) is -0.343. The Balaban J connectivity index is 2.11. The molecule has 0 spiro atoms. The number of nitrogens with zero attached hydrogens (tertiary/aromatic N) is 3. The molecular weight excluding hydrogens is 309 g/mol. The van der Waals surface area contributed by atoms with E-state index >= 15 is 0 Å². The maximum Gasteiger partial charge on any atom is 0.418 e. The molecule has 2 aromatic heterocycles. The third-order valence-electron chi connectivity index (χ3n) is 2.72. The van der Waals surface area contributed by atoms with Crippen molar-refractivity contribution in [3.05, 3.63) is 28.7 Å². The summed E-state index contributed by atoms with van der Waals surface area (Å²) in [7, 11) is 0. The highest BCUT2D eigenvalue weighted by Gasteiger charge is 2.50. The Morgan fingerprint density at radius 2 is 2.24 bits per heavy atom. The fourth-order valence-electron chi connectivity index (χ4n) is 1.42. The van der Waals surface area contributed by atoms with E-state index in [-0.39, 0.29) is 4.88 Å². The van der Waals surface area contributed by atoms with E-state index < -0.39 is 24.2 Å². The molecule has 2 aromatic rings. The zero-order chi connectivity index (χ0) is 15.7. The fraction of sp³-hybridized carbons (Fsp3) is 0.364. The third-order valence-corrected chi connectivity index (χ3v) is 3.63. The summed E-state index contributed by atoms with van der Waals surface area (Å²) in [5.74, 6) is -0.722. The molecule has 1 unspecified atom stereocenters. The first-order valence-corrected chi connectivity index (χ1v) is 6.62. The molecule has 0 bridgehead atoms. The summed E-state index contributed by atoms with van der Waals surface area (Å²) in [4.78, 5) is 12.1. The molecule has 2 heterocycles. The van der Waals surface area contributed by atoms with Crippen molar-refractivity contribution in [3.63, 3.8) is 0 Å². The molecule has 114 valence electrons. The minimum Gasteiger partial charge on any atom is -0.379 e. The van der Waals surface area contributed by atoms with E-state index in [1.165, 1.54) is 17.1 Å². The first-order valence-electron chi connectivity index (χ1n) is 5.74. The summed E-state index contributed by atoms with van der Waals surface area (Å²) in [6.07, 6.45) is -1.91. The largest absolute Gasteiger partial charge is 0.418 e. The average molecular weight is 320 g/mol. The lowest BCUT2D eigenvalue weighted by molar-refractivity contribution is -0.249. The van der Waals surface area contributed by atoms with E-state index in [0.29, 0.717) is 12.6 Å². The number of carbonyl (C=O) groups is 1. The molecule has 0 radical (unpaired) electrons. The van der Waals surface area contributed by atoms with Gasteiger partial charge in [-0.1, -0.05) is 5.21 Å². The number of nitrogens with one attached hydrogen (secondary N) is 1. The van der Waals surface area contributed by atoms with Crippen molar-refractivity contribution in [1.29, 1.82) is 0 Å². The lowest BCUT2D eigenvalue weighted by atomic mass is 10.1. The summed E-state index contributed by atoms with van der Waals surface area (Å²) < 4.78 is 38.9. The van der Waals surface area contributed by atoms with Gasteiger partial charge in [-0.25, -0.2) is 4.68 Å². The number of carbonyl (C=O) groups excluding carboxylic acids is 1. The first kappa shape index (κ1) is 15.4. The van der Waals surface area contributed by atoms with Gasteiger partial charge in [-0.05, 0) is 18.4 Å². The standard InChI is InChI=1S/C11H11F3N4O2S/c1-10(20,11(12,13)14)6-15-9(19)8-7(2-5-21-8)18-4-3-16-17-18/h2-5,20H,6H2,1H3,(H,15,19). The number of hydrogen-bond donors (Lipinski definition) is 2. The molecule has 21 heavy (non-hydrogen) atoms. The molecule has 6 nitrogen and oxygen atoms in total. The molecule has 0 saturated carbocycles. The number of aliphatic hydroxyl groups is 1. The molecule has 0 fully saturated rings. The van der Waals surface area contributed by atoms with Gasteiger partial charge in [-0.3, -0.25) is 4.79 Å². The number of halogens is 3. The van der Waals surface area contributed by atoms with E-state index in [2.05, 4.69) is 15.6 Å². The molecule has 10 heteroatoms. The van der Waals surface area contributed by atoms with Crippen molar-refractivity contribution < 1.29 is 23.1 Å². The zero-order valence-corrected chi connectivity index (χ0v) is 11.6. The molecule has 1 atom stereocenters. The second-order valence-electron chi connectivity index (χ2n) is 4.44. The Hall–Kier alpha value is -1.94. The van der Waals surface area contributed by atoms with Crippen LogP contribution < -0.4 is 5.32 Å². The van der Waals surface area contributed by atoms with E-state index in [1.54, 1.807) is 11.4 Å². The Morgan fingerprint density at radius 3 is 2.81 bits per heavy atom. The lowest BCUT2D eigenvalue weighted by Crippen LogP contribution is -2.51. The average Bonchev–Trinajstić information content (AvgIpc) is 3.04.